The van der Waals surface area contributed by atoms with Crippen LogP contribution in [-0.4, -0.2) is 56.0 Å². The van der Waals surface area contributed by atoms with Gasteiger partial charge in [-0.3, -0.25) is 0 Å². The molecule has 5 nitrogen and oxygen atoms in total. The van der Waals surface area contributed by atoms with Gasteiger partial charge in [0.25, 0.3) is 0 Å². The van der Waals surface area contributed by atoms with Crippen LogP contribution in [0, 0.1) is 0 Å². The van der Waals surface area contributed by atoms with Crippen molar-refractivity contribution in [2.75, 3.05) is 24.6 Å². The molecule has 0 amide bonds. The number of alkyl halides is 6. The Morgan fingerprint density at radius 2 is 0.824 bits per heavy atom. The molecule has 0 aromatic carbocycles. The van der Waals surface area contributed by atoms with Crippen LogP contribution in [0.1, 0.15) is 91.9 Å². The van der Waals surface area contributed by atoms with Crippen molar-refractivity contribution >= 4 is 26.8 Å². The zero-order valence-electron chi connectivity index (χ0n) is 20.5. The first-order valence-electron chi connectivity index (χ1n) is 11.9. The third-order valence-corrected chi connectivity index (χ3v) is 20.3. The van der Waals surface area contributed by atoms with Crippen LogP contribution in [0.4, 0.5) is 26.3 Å². The van der Waals surface area contributed by atoms with Crippen LogP contribution >= 0.6 is 6.75 Å². The molecule has 0 saturated heterocycles. The van der Waals surface area contributed by atoms with Crippen LogP contribution in [0.25, 0.3) is 0 Å². The molecule has 0 radical (unpaired) electrons. The van der Waals surface area contributed by atoms with Crippen molar-refractivity contribution in [1.29, 1.82) is 0 Å². The monoisotopic (exact) mass is 567 g/mol. The van der Waals surface area contributed by atoms with Crippen molar-refractivity contribution in [2.45, 2.75) is 103 Å². The van der Waals surface area contributed by atoms with E-state index in [1.54, 1.807) is 20.8 Å². The standard InChI is InChI=1S/C20H40F6NO4PS2/c1-5-9-13-14-18-32(15-10-6-2,16-11-7-3,17-12-8-4)27(33(28,29)19(21,22)23)34(30,31)20(24,25)26/h5-18H2,1-4H3. The minimum absolute atomic E-state index is 0.135. The molecule has 0 atom stereocenters. The Balaban J connectivity index is 7.71. The molecule has 0 unspecified atom stereocenters. The van der Waals surface area contributed by atoms with Gasteiger partial charge in [0.15, 0.2) is 0 Å². The molecule has 14 heteroatoms. The zero-order chi connectivity index (χ0) is 26.9. The molecule has 0 aliphatic carbocycles. The van der Waals surface area contributed by atoms with E-state index < -0.39 is 41.3 Å². The molecule has 0 fully saturated rings. The number of hydrogen-bond acceptors (Lipinski definition) is 4. The Kier molecular flexibility index (Phi) is 12.9. The van der Waals surface area contributed by atoms with E-state index in [9.17, 15) is 43.2 Å². The Morgan fingerprint density at radius 1 is 0.529 bits per heavy atom. The SMILES string of the molecule is CCCCCCP(CCCC)(CCCC)(CCCC)N(S(=O)(=O)C(F)(F)F)S(=O)(=O)C(F)(F)F. The molecule has 0 aliphatic rings. The predicted molar refractivity (Wildman–Crippen MR) is 127 cm³/mol. The van der Waals surface area contributed by atoms with Crippen molar-refractivity contribution in [2.24, 2.45) is 0 Å². The third-order valence-electron chi connectivity index (χ3n) is 6.30. The third kappa shape index (κ3) is 7.44. The summed E-state index contributed by atoms with van der Waals surface area (Å²) in [5.41, 5.74) is -12.4. The molecule has 0 saturated carbocycles. The Bertz CT molecular complexity index is 760. The molecule has 34 heavy (non-hydrogen) atoms. The topological polar surface area (TPSA) is 71.5 Å². The number of rotatable bonds is 17. The quantitative estimate of drug-likeness (QED) is 0.104. The summed E-state index contributed by atoms with van der Waals surface area (Å²) < 4.78 is 134. The molecule has 0 spiro atoms. The van der Waals surface area contributed by atoms with E-state index in [1.807, 2.05) is 6.92 Å². The van der Waals surface area contributed by atoms with Crippen molar-refractivity contribution in [3.63, 3.8) is 0 Å². The fourth-order valence-corrected chi connectivity index (χ4v) is 20.2. The van der Waals surface area contributed by atoms with Gasteiger partial charge in [0.1, 0.15) is 0 Å². The summed E-state index contributed by atoms with van der Waals surface area (Å²) >= 11 is 0. The number of sulfonamides is 2. The molecule has 0 aromatic heterocycles. The van der Waals surface area contributed by atoms with Crippen LogP contribution in [0.3, 0.4) is 0 Å². The maximum atomic E-state index is 13.9. The van der Waals surface area contributed by atoms with E-state index in [4.69, 9.17) is 0 Å². The number of unbranched alkanes of at least 4 members (excludes halogenated alkanes) is 6. The number of halogens is 6. The van der Waals surface area contributed by atoms with Crippen molar-refractivity contribution < 1.29 is 43.2 Å². The molecule has 0 bridgehead atoms. The van der Waals surface area contributed by atoms with Gasteiger partial charge in [0, 0.05) is 0 Å². The summed E-state index contributed by atoms with van der Waals surface area (Å²) in [5, 5.41) is 0. The van der Waals surface area contributed by atoms with Crippen LogP contribution in [-0.2, 0) is 20.0 Å². The van der Waals surface area contributed by atoms with E-state index in [0.29, 0.717) is 32.1 Å². The Morgan fingerprint density at radius 3 is 1.09 bits per heavy atom. The van der Waals surface area contributed by atoms with Gasteiger partial charge >= 0.3 is 201 Å². The average Bonchev–Trinajstić information content (AvgIpc) is 2.71. The van der Waals surface area contributed by atoms with Gasteiger partial charge in [0.2, 0.25) is 0 Å². The van der Waals surface area contributed by atoms with Gasteiger partial charge in [-0.15, -0.1) is 0 Å². The van der Waals surface area contributed by atoms with Gasteiger partial charge in [-0.25, -0.2) is 0 Å². The first-order chi connectivity index (χ1) is 15.4. The van der Waals surface area contributed by atoms with Gasteiger partial charge in [-0.2, -0.15) is 0 Å². The number of nitrogens with zero attached hydrogens (tertiary/aromatic N) is 1. The van der Waals surface area contributed by atoms with Crippen molar-refractivity contribution in [3.8, 4) is 0 Å². The molecular formula is C20H40F6NO4PS2. The molecule has 0 N–H and O–H groups in total. The molecule has 0 aromatic rings. The molecule has 0 aliphatic heterocycles. The van der Waals surface area contributed by atoms with E-state index in [-0.39, 0.29) is 50.3 Å². The van der Waals surface area contributed by atoms with Crippen LogP contribution < -0.4 is 0 Å². The fourth-order valence-electron chi connectivity index (χ4n) is 4.55. The van der Waals surface area contributed by atoms with Gasteiger partial charge < -0.3 is 0 Å². The molecular weight excluding hydrogens is 527 g/mol. The Hall–Kier alpha value is -0.130. The van der Waals surface area contributed by atoms with Crippen molar-refractivity contribution in [1.82, 2.24) is 3.48 Å². The van der Waals surface area contributed by atoms with Crippen LogP contribution in [0.5, 0.6) is 0 Å². The molecule has 0 rings (SSSR count). The fraction of sp³-hybridized carbons (Fsp3) is 1.00. The van der Waals surface area contributed by atoms with Crippen molar-refractivity contribution in [3.05, 3.63) is 0 Å². The van der Waals surface area contributed by atoms with E-state index in [0.717, 1.165) is 6.42 Å². The van der Waals surface area contributed by atoms with Gasteiger partial charge in [-0.1, -0.05) is 0 Å². The van der Waals surface area contributed by atoms with E-state index in [1.165, 1.54) is 0 Å². The van der Waals surface area contributed by atoms with Gasteiger partial charge in [0.05, 0.1) is 0 Å². The summed E-state index contributed by atoms with van der Waals surface area (Å²) in [6, 6.07) is 0. The first kappa shape index (κ1) is 33.9. The summed E-state index contributed by atoms with van der Waals surface area (Å²) in [4.78, 5) is 0. The zero-order valence-corrected chi connectivity index (χ0v) is 23.0. The number of hydrogen-bond donors (Lipinski definition) is 0. The first-order valence-corrected chi connectivity index (χ1v) is 17.7. The minimum atomic E-state index is -6.85. The summed E-state index contributed by atoms with van der Waals surface area (Å²) in [6.07, 6.45) is 2.44. The predicted octanol–water partition coefficient (Wildman–Crippen LogP) is 7.44. The van der Waals surface area contributed by atoms with Gasteiger partial charge in [-0.05, 0) is 0 Å². The second kappa shape index (κ2) is 12.9. The second-order valence-corrected chi connectivity index (χ2v) is 19.3. The van der Waals surface area contributed by atoms with Crippen LogP contribution in [0.15, 0.2) is 0 Å². The summed E-state index contributed by atoms with van der Waals surface area (Å²) in [5.74, 6) is 0. The maximum absolute atomic E-state index is 13.9. The van der Waals surface area contributed by atoms with E-state index >= 15 is 0 Å². The summed E-state index contributed by atoms with van der Waals surface area (Å²) in [6.45, 7) is 2.04. The molecule has 208 valence electrons. The average molecular weight is 568 g/mol. The van der Waals surface area contributed by atoms with Crippen LogP contribution in [0.2, 0.25) is 0 Å². The second-order valence-electron chi connectivity index (χ2n) is 9.00. The Labute approximate surface area is 201 Å². The normalized spacial score (nSPS) is 15.4. The molecule has 0 heterocycles. The summed E-state index contributed by atoms with van der Waals surface area (Å²) in [7, 11) is -13.7. The van der Waals surface area contributed by atoms with E-state index in [2.05, 4.69) is 0 Å².